The monoisotopic (exact) mass is 323 g/mol. The number of rotatable bonds is 2. The van der Waals surface area contributed by atoms with Crippen LogP contribution in [0.1, 0.15) is 11.4 Å². The standard InChI is InChI=1S/C13H8F3N5S/c14-13(15,16)12-19-11-8(10(17)22)1-2-9(21(11)20-12)7-3-5-18-6-4-7/h1-6H,(H2,17,22). The Bertz CT molecular complexity index is 857. The summed E-state index contributed by atoms with van der Waals surface area (Å²) < 4.78 is 39.7. The molecule has 9 heteroatoms. The summed E-state index contributed by atoms with van der Waals surface area (Å²) >= 11 is 4.86. The maximum Gasteiger partial charge on any atom is 0.453 e. The lowest BCUT2D eigenvalue weighted by Gasteiger charge is -2.06. The molecule has 0 unspecified atom stereocenters. The fourth-order valence-corrected chi connectivity index (χ4v) is 2.17. The van der Waals surface area contributed by atoms with Crippen LogP contribution < -0.4 is 5.73 Å². The Morgan fingerprint density at radius 2 is 1.82 bits per heavy atom. The van der Waals surface area contributed by atoms with Crippen LogP contribution in [-0.2, 0) is 6.18 Å². The molecule has 112 valence electrons. The van der Waals surface area contributed by atoms with Gasteiger partial charge in [0.2, 0.25) is 0 Å². The van der Waals surface area contributed by atoms with E-state index < -0.39 is 12.0 Å². The summed E-state index contributed by atoms with van der Waals surface area (Å²) in [5, 5.41) is 3.55. The minimum atomic E-state index is -4.66. The molecule has 0 aliphatic carbocycles. The summed E-state index contributed by atoms with van der Waals surface area (Å²) in [4.78, 5) is 7.36. The molecule has 0 aliphatic rings. The highest BCUT2D eigenvalue weighted by atomic mass is 32.1. The fourth-order valence-electron chi connectivity index (χ4n) is 2.02. The molecule has 3 rings (SSSR count). The number of thiocarbonyl (C=S) groups is 1. The van der Waals surface area contributed by atoms with E-state index in [1.54, 1.807) is 18.2 Å². The maximum atomic E-state index is 12.9. The molecule has 0 aliphatic heterocycles. The minimum Gasteiger partial charge on any atom is -0.389 e. The molecule has 0 amide bonds. The van der Waals surface area contributed by atoms with Crippen LogP contribution in [0.25, 0.3) is 16.9 Å². The first-order chi connectivity index (χ1) is 10.4. The normalized spacial score (nSPS) is 11.8. The van der Waals surface area contributed by atoms with Gasteiger partial charge in [-0.05, 0) is 24.3 Å². The van der Waals surface area contributed by atoms with Gasteiger partial charge in [-0.25, -0.2) is 9.50 Å². The summed E-state index contributed by atoms with van der Waals surface area (Å²) in [5.41, 5.74) is 6.82. The second-order valence-corrected chi connectivity index (χ2v) is 4.84. The predicted octanol–water partition coefficient (Wildman–Crippen LogP) is 2.44. The Morgan fingerprint density at radius 1 is 1.14 bits per heavy atom. The Labute approximate surface area is 127 Å². The third-order valence-corrected chi connectivity index (χ3v) is 3.20. The van der Waals surface area contributed by atoms with Gasteiger partial charge in [-0.1, -0.05) is 12.2 Å². The first kappa shape index (κ1) is 14.4. The van der Waals surface area contributed by atoms with Crippen LogP contribution >= 0.6 is 12.2 Å². The van der Waals surface area contributed by atoms with Crippen LogP contribution in [-0.4, -0.2) is 24.6 Å². The van der Waals surface area contributed by atoms with Crippen molar-refractivity contribution >= 4 is 22.9 Å². The van der Waals surface area contributed by atoms with Gasteiger partial charge in [0.15, 0.2) is 5.65 Å². The van der Waals surface area contributed by atoms with Crippen molar-refractivity contribution in [2.45, 2.75) is 6.18 Å². The van der Waals surface area contributed by atoms with Crippen molar-refractivity contribution in [2.24, 2.45) is 5.73 Å². The summed E-state index contributed by atoms with van der Waals surface area (Å²) in [7, 11) is 0. The van der Waals surface area contributed by atoms with E-state index in [1.807, 2.05) is 0 Å². The molecule has 0 fully saturated rings. The van der Waals surface area contributed by atoms with Gasteiger partial charge in [0.25, 0.3) is 5.82 Å². The molecule has 2 N–H and O–H groups in total. The molecule has 0 bridgehead atoms. The summed E-state index contributed by atoms with van der Waals surface area (Å²) in [6.07, 6.45) is -1.59. The third-order valence-electron chi connectivity index (χ3n) is 2.98. The highest BCUT2D eigenvalue weighted by Gasteiger charge is 2.37. The molecule has 3 heterocycles. The molecule has 3 aromatic heterocycles. The van der Waals surface area contributed by atoms with E-state index in [4.69, 9.17) is 18.0 Å². The summed E-state index contributed by atoms with van der Waals surface area (Å²) in [6, 6.07) is 6.43. The molecule has 22 heavy (non-hydrogen) atoms. The zero-order chi connectivity index (χ0) is 15.9. The predicted molar refractivity (Wildman–Crippen MR) is 77.1 cm³/mol. The van der Waals surface area contributed by atoms with Gasteiger partial charge < -0.3 is 5.73 Å². The number of aromatic nitrogens is 4. The van der Waals surface area contributed by atoms with E-state index in [1.165, 1.54) is 18.5 Å². The topological polar surface area (TPSA) is 69.1 Å². The minimum absolute atomic E-state index is 0.0332. The van der Waals surface area contributed by atoms with Crippen LogP contribution in [0.5, 0.6) is 0 Å². The van der Waals surface area contributed by atoms with Gasteiger partial charge in [0, 0.05) is 18.0 Å². The Balaban J connectivity index is 2.34. The lowest BCUT2D eigenvalue weighted by atomic mass is 10.1. The molecule has 0 saturated heterocycles. The van der Waals surface area contributed by atoms with E-state index >= 15 is 0 Å². The average Bonchev–Trinajstić information content (AvgIpc) is 2.92. The quantitative estimate of drug-likeness (QED) is 0.734. The van der Waals surface area contributed by atoms with Crippen molar-refractivity contribution in [3.8, 4) is 11.3 Å². The Hall–Kier alpha value is -2.55. The molecule has 0 radical (unpaired) electrons. The second-order valence-electron chi connectivity index (χ2n) is 4.40. The van der Waals surface area contributed by atoms with Gasteiger partial charge in [-0.3, -0.25) is 4.98 Å². The lowest BCUT2D eigenvalue weighted by molar-refractivity contribution is -0.144. The first-order valence-corrected chi connectivity index (χ1v) is 6.46. The molecule has 5 nitrogen and oxygen atoms in total. The molecule has 0 spiro atoms. The van der Waals surface area contributed by atoms with Gasteiger partial charge in [0.05, 0.1) is 11.3 Å². The molecule has 0 saturated carbocycles. The number of halogens is 3. The fraction of sp³-hybridized carbons (Fsp3) is 0.0769. The van der Waals surface area contributed by atoms with Crippen molar-refractivity contribution in [2.75, 3.05) is 0 Å². The van der Waals surface area contributed by atoms with E-state index in [9.17, 15) is 13.2 Å². The molecular formula is C13H8F3N5S. The SMILES string of the molecule is NC(=S)c1ccc(-c2ccncc2)n2nc(C(F)(F)F)nc12. The smallest absolute Gasteiger partial charge is 0.389 e. The highest BCUT2D eigenvalue weighted by molar-refractivity contribution is 7.80. The van der Waals surface area contributed by atoms with Crippen LogP contribution in [0.15, 0.2) is 36.7 Å². The molecule has 0 atom stereocenters. The second kappa shape index (κ2) is 5.02. The van der Waals surface area contributed by atoms with E-state index in [0.717, 1.165) is 4.52 Å². The maximum absolute atomic E-state index is 12.9. The van der Waals surface area contributed by atoms with Crippen molar-refractivity contribution < 1.29 is 13.2 Å². The number of nitrogens with zero attached hydrogens (tertiary/aromatic N) is 4. The summed E-state index contributed by atoms with van der Waals surface area (Å²) in [6.45, 7) is 0. The van der Waals surface area contributed by atoms with E-state index in [2.05, 4.69) is 15.1 Å². The first-order valence-electron chi connectivity index (χ1n) is 6.05. The van der Waals surface area contributed by atoms with Crippen molar-refractivity contribution in [1.29, 1.82) is 0 Å². The van der Waals surface area contributed by atoms with Crippen LogP contribution in [0.4, 0.5) is 13.2 Å². The number of alkyl halides is 3. The molecule has 0 aromatic carbocycles. The number of nitrogens with two attached hydrogens (primary N) is 1. The Kier molecular flexibility index (Phi) is 3.28. The van der Waals surface area contributed by atoms with E-state index in [-0.39, 0.29) is 16.2 Å². The molecular weight excluding hydrogens is 315 g/mol. The summed E-state index contributed by atoms with van der Waals surface area (Å²) in [5.74, 6) is -1.24. The lowest BCUT2D eigenvalue weighted by Crippen LogP contribution is -2.12. The Morgan fingerprint density at radius 3 is 2.41 bits per heavy atom. The van der Waals surface area contributed by atoms with Gasteiger partial charge in [0.1, 0.15) is 4.99 Å². The largest absolute Gasteiger partial charge is 0.453 e. The zero-order valence-corrected chi connectivity index (χ0v) is 11.7. The van der Waals surface area contributed by atoms with Gasteiger partial charge in [-0.2, -0.15) is 13.2 Å². The number of fused-ring (bicyclic) bond motifs is 1. The average molecular weight is 323 g/mol. The number of pyridine rings is 2. The van der Waals surface area contributed by atoms with E-state index in [0.29, 0.717) is 11.3 Å². The van der Waals surface area contributed by atoms with Gasteiger partial charge >= 0.3 is 6.18 Å². The highest BCUT2D eigenvalue weighted by Crippen LogP contribution is 2.29. The number of hydrogen-bond acceptors (Lipinski definition) is 4. The number of hydrogen-bond donors (Lipinski definition) is 1. The van der Waals surface area contributed by atoms with Crippen molar-refractivity contribution in [3.05, 3.63) is 48.0 Å². The van der Waals surface area contributed by atoms with Gasteiger partial charge in [-0.15, -0.1) is 5.10 Å². The van der Waals surface area contributed by atoms with Crippen molar-refractivity contribution in [3.63, 3.8) is 0 Å². The third kappa shape index (κ3) is 2.39. The van der Waals surface area contributed by atoms with Crippen LogP contribution in [0, 0.1) is 0 Å². The zero-order valence-electron chi connectivity index (χ0n) is 10.9. The molecule has 3 aromatic rings. The van der Waals surface area contributed by atoms with Crippen LogP contribution in [0.2, 0.25) is 0 Å². The van der Waals surface area contributed by atoms with Crippen molar-refractivity contribution in [1.82, 2.24) is 19.6 Å². The van der Waals surface area contributed by atoms with Crippen LogP contribution in [0.3, 0.4) is 0 Å².